The Morgan fingerprint density at radius 1 is 1.20 bits per heavy atom. The predicted octanol–water partition coefficient (Wildman–Crippen LogP) is 3.44. The van der Waals surface area contributed by atoms with Crippen molar-refractivity contribution in [2.24, 2.45) is 10.7 Å². The van der Waals surface area contributed by atoms with Crippen LogP contribution in [0.4, 0.5) is 0 Å². The van der Waals surface area contributed by atoms with Crippen LogP contribution in [0, 0.1) is 0 Å². The van der Waals surface area contributed by atoms with Gasteiger partial charge in [-0.05, 0) is 46.0 Å². The lowest BCUT2D eigenvalue weighted by atomic mass is 9.98. The predicted molar refractivity (Wildman–Crippen MR) is 96.9 cm³/mol. The van der Waals surface area contributed by atoms with Gasteiger partial charge in [-0.1, -0.05) is 19.3 Å². The highest BCUT2D eigenvalue weighted by Gasteiger charge is 2.12. The lowest BCUT2D eigenvalue weighted by molar-refractivity contribution is 0.0264. The molecule has 0 aliphatic heterocycles. The molecule has 0 aromatic carbocycles. The lowest BCUT2D eigenvalue weighted by Gasteiger charge is -2.21. The number of nitrogens with two attached hydrogens (primary N) is 1. The highest BCUT2D eigenvalue weighted by Crippen LogP contribution is 2.20. The number of halogens is 1. The third kappa shape index (κ3) is 10.7. The van der Waals surface area contributed by atoms with Crippen LogP contribution in [0.25, 0.3) is 0 Å². The summed E-state index contributed by atoms with van der Waals surface area (Å²) in [7, 11) is 0. The first-order chi connectivity index (χ1) is 9.18. The minimum Gasteiger partial charge on any atom is -0.378 e. The van der Waals surface area contributed by atoms with Gasteiger partial charge in [-0.25, -0.2) is 0 Å². The smallest absolute Gasteiger partial charge is 0.188 e. The van der Waals surface area contributed by atoms with Crippen LogP contribution in [0.3, 0.4) is 0 Å². The summed E-state index contributed by atoms with van der Waals surface area (Å²) in [5.41, 5.74) is 5.73. The van der Waals surface area contributed by atoms with Crippen LogP contribution in [0.1, 0.15) is 65.2 Å². The number of ether oxygens (including phenoxy) is 1. The van der Waals surface area contributed by atoms with Crippen molar-refractivity contribution in [3.8, 4) is 0 Å². The highest BCUT2D eigenvalue weighted by atomic mass is 127. The molecule has 1 aliphatic rings. The van der Waals surface area contributed by atoms with E-state index in [4.69, 9.17) is 10.5 Å². The molecule has 5 heteroatoms. The summed E-state index contributed by atoms with van der Waals surface area (Å²) in [6.07, 6.45) is 10.6. The Balaban J connectivity index is 0.00000361. The van der Waals surface area contributed by atoms with E-state index >= 15 is 0 Å². The molecule has 0 bridgehead atoms. The molecule has 0 amide bonds. The van der Waals surface area contributed by atoms with E-state index in [0.29, 0.717) is 18.1 Å². The van der Waals surface area contributed by atoms with E-state index in [1.807, 2.05) is 0 Å². The molecule has 0 heterocycles. The summed E-state index contributed by atoms with van der Waals surface area (Å²) in [6.45, 7) is 5.85. The Bertz CT molecular complexity index is 254. The fourth-order valence-electron chi connectivity index (χ4n) is 2.41. The van der Waals surface area contributed by atoms with Crippen LogP contribution < -0.4 is 11.1 Å². The number of hydrogen-bond donors (Lipinski definition) is 2. The first-order valence-corrected chi connectivity index (χ1v) is 7.86. The maximum Gasteiger partial charge on any atom is 0.188 e. The van der Waals surface area contributed by atoms with E-state index in [-0.39, 0.29) is 24.0 Å². The average molecular weight is 397 g/mol. The molecular weight excluding hydrogens is 365 g/mol. The van der Waals surface area contributed by atoms with Crippen molar-refractivity contribution in [1.29, 1.82) is 0 Å². The summed E-state index contributed by atoms with van der Waals surface area (Å²) in [5, 5.41) is 3.09. The third-order valence-corrected chi connectivity index (χ3v) is 3.43. The second-order valence-corrected chi connectivity index (χ2v) is 5.76. The minimum absolute atomic E-state index is 0. The van der Waals surface area contributed by atoms with Gasteiger partial charge in [-0.3, -0.25) is 4.99 Å². The van der Waals surface area contributed by atoms with Gasteiger partial charge in [0, 0.05) is 19.2 Å². The molecule has 1 saturated carbocycles. The maximum absolute atomic E-state index is 5.89. The van der Waals surface area contributed by atoms with E-state index in [0.717, 1.165) is 26.0 Å². The zero-order valence-electron chi connectivity index (χ0n) is 13.1. The van der Waals surface area contributed by atoms with Crippen molar-refractivity contribution in [1.82, 2.24) is 5.32 Å². The largest absolute Gasteiger partial charge is 0.378 e. The number of nitrogens with one attached hydrogen (secondary N) is 1. The molecule has 0 spiro atoms. The fraction of sp³-hybridized carbons (Fsp3) is 0.933. The third-order valence-electron chi connectivity index (χ3n) is 3.43. The summed E-state index contributed by atoms with van der Waals surface area (Å²) < 4.78 is 5.89. The molecular formula is C15H32IN3O. The van der Waals surface area contributed by atoms with Crippen molar-refractivity contribution < 1.29 is 4.74 Å². The Hall–Kier alpha value is -0.0400. The Morgan fingerprint density at radius 2 is 1.90 bits per heavy atom. The van der Waals surface area contributed by atoms with Gasteiger partial charge in [0.2, 0.25) is 0 Å². The SMILES string of the molecule is CC(C)NC(N)=NCCCCCOC1CCCCC1.I. The van der Waals surface area contributed by atoms with E-state index < -0.39 is 0 Å². The van der Waals surface area contributed by atoms with Gasteiger partial charge in [0.15, 0.2) is 5.96 Å². The van der Waals surface area contributed by atoms with E-state index in [9.17, 15) is 0 Å². The average Bonchev–Trinajstić information content (AvgIpc) is 2.38. The highest BCUT2D eigenvalue weighted by molar-refractivity contribution is 14.0. The number of rotatable bonds is 8. The fourth-order valence-corrected chi connectivity index (χ4v) is 2.41. The van der Waals surface area contributed by atoms with Gasteiger partial charge in [0.1, 0.15) is 0 Å². The van der Waals surface area contributed by atoms with Crippen molar-refractivity contribution in [3.63, 3.8) is 0 Å². The number of unbranched alkanes of at least 4 members (excludes halogenated alkanes) is 2. The Labute approximate surface area is 141 Å². The van der Waals surface area contributed by atoms with Crippen molar-refractivity contribution in [2.45, 2.75) is 77.4 Å². The second-order valence-electron chi connectivity index (χ2n) is 5.76. The molecule has 4 nitrogen and oxygen atoms in total. The van der Waals surface area contributed by atoms with Gasteiger partial charge >= 0.3 is 0 Å². The van der Waals surface area contributed by atoms with E-state index in [1.54, 1.807) is 0 Å². The normalized spacial score (nSPS) is 17.1. The van der Waals surface area contributed by atoms with Gasteiger partial charge in [-0.2, -0.15) is 0 Å². The number of aliphatic imine (C=N–C) groups is 1. The molecule has 1 aliphatic carbocycles. The molecule has 0 unspecified atom stereocenters. The zero-order valence-corrected chi connectivity index (χ0v) is 15.4. The topological polar surface area (TPSA) is 59.6 Å². The monoisotopic (exact) mass is 397 g/mol. The number of nitrogens with zero attached hydrogens (tertiary/aromatic N) is 1. The minimum atomic E-state index is 0. The first-order valence-electron chi connectivity index (χ1n) is 7.86. The molecule has 3 N–H and O–H groups in total. The molecule has 0 atom stereocenters. The maximum atomic E-state index is 5.89. The van der Waals surface area contributed by atoms with Crippen molar-refractivity contribution in [2.75, 3.05) is 13.2 Å². The Morgan fingerprint density at radius 3 is 2.55 bits per heavy atom. The molecule has 120 valence electrons. The zero-order chi connectivity index (χ0) is 13.9. The molecule has 0 radical (unpaired) electrons. The second kappa shape index (κ2) is 12.7. The van der Waals surface area contributed by atoms with Crippen LogP contribution in [-0.2, 0) is 4.74 Å². The lowest BCUT2D eigenvalue weighted by Crippen LogP contribution is -2.36. The van der Waals surface area contributed by atoms with Crippen LogP contribution in [0.15, 0.2) is 4.99 Å². The van der Waals surface area contributed by atoms with E-state index in [2.05, 4.69) is 24.2 Å². The summed E-state index contributed by atoms with van der Waals surface area (Å²) in [4.78, 5) is 4.29. The molecule has 1 rings (SSSR count). The van der Waals surface area contributed by atoms with Gasteiger partial charge in [0.25, 0.3) is 0 Å². The van der Waals surface area contributed by atoms with Crippen LogP contribution in [0.2, 0.25) is 0 Å². The quantitative estimate of drug-likeness (QED) is 0.286. The van der Waals surface area contributed by atoms with Gasteiger partial charge < -0.3 is 15.8 Å². The molecule has 1 fully saturated rings. The Kier molecular flexibility index (Phi) is 12.7. The summed E-state index contributed by atoms with van der Waals surface area (Å²) in [5.74, 6) is 0.563. The van der Waals surface area contributed by atoms with Crippen LogP contribution in [-0.4, -0.2) is 31.3 Å². The number of guanidine groups is 1. The van der Waals surface area contributed by atoms with E-state index in [1.165, 1.54) is 38.5 Å². The van der Waals surface area contributed by atoms with Crippen LogP contribution >= 0.6 is 24.0 Å². The molecule has 0 aromatic heterocycles. The number of hydrogen-bond acceptors (Lipinski definition) is 2. The standard InChI is InChI=1S/C15H31N3O.HI/c1-13(2)18-15(16)17-11-7-4-8-12-19-14-9-5-3-6-10-14;/h13-14H,3-12H2,1-2H3,(H3,16,17,18);1H. The van der Waals surface area contributed by atoms with Gasteiger partial charge in [0.05, 0.1) is 6.10 Å². The summed E-state index contributed by atoms with van der Waals surface area (Å²) in [6, 6.07) is 0.354. The van der Waals surface area contributed by atoms with Crippen LogP contribution in [0.5, 0.6) is 0 Å². The molecule has 20 heavy (non-hydrogen) atoms. The molecule has 0 aromatic rings. The van der Waals surface area contributed by atoms with Crippen molar-refractivity contribution in [3.05, 3.63) is 0 Å². The molecule has 0 saturated heterocycles. The van der Waals surface area contributed by atoms with Crippen molar-refractivity contribution >= 4 is 29.9 Å². The first kappa shape index (κ1) is 20.0. The summed E-state index contributed by atoms with van der Waals surface area (Å²) >= 11 is 0. The van der Waals surface area contributed by atoms with Gasteiger partial charge in [-0.15, -0.1) is 24.0 Å².